The first-order valence-corrected chi connectivity index (χ1v) is 5.70. The lowest BCUT2D eigenvalue weighted by atomic mass is 10.1. The average molecular weight is 215 g/mol. The number of hydrogen-bond acceptors (Lipinski definition) is 1. The van der Waals surface area contributed by atoms with Gasteiger partial charge in [0.25, 0.3) is 0 Å². The zero-order chi connectivity index (χ0) is 11.5. The van der Waals surface area contributed by atoms with Gasteiger partial charge >= 0.3 is 0 Å². The number of benzene rings is 1. The summed E-state index contributed by atoms with van der Waals surface area (Å²) in [5.41, 5.74) is 3.67. The van der Waals surface area contributed by atoms with Crippen LogP contribution in [0.2, 0.25) is 0 Å². The zero-order valence-electron chi connectivity index (χ0n) is 9.79. The van der Waals surface area contributed by atoms with E-state index in [4.69, 9.17) is 0 Å². The van der Waals surface area contributed by atoms with Crippen LogP contribution < -0.4 is 5.32 Å². The maximum Gasteiger partial charge on any atom is 0.244 e. The van der Waals surface area contributed by atoms with Gasteiger partial charge in [0.15, 0.2) is 0 Å². The second kappa shape index (κ2) is 4.52. The van der Waals surface area contributed by atoms with Gasteiger partial charge in [-0.1, -0.05) is 29.8 Å². The highest BCUT2D eigenvalue weighted by atomic mass is 16.1. The van der Waals surface area contributed by atoms with E-state index in [0.29, 0.717) is 0 Å². The van der Waals surface area contributed by atoms with E-state index in [1.54, 1.807) is 6.08 Å². The molecule has 1 aromatic carbocycles. The highest BCUT2D eigenvalue weighted by molar-refractivity contribution is 5.88. The third kappa shape index (κ3) is 2.32. The number of allylic oxidation sites excluding steroid dienone is 1. The van der Waals surface area contributed by atoms with Gasteiger partial charge in [0.05, 0.1) is 6.04 Å². The lowest BCUT2D eigenvalue weighted by Crippen LogP contribution is -2.25. The largest absolute Gasteiger partial charge is 0.346 e. The van der Waals surface area contributed by atoms with Crippen LogP contribution in [0.1, 0.15) is 37.4 Å². The molecule has 0 aliphatic heterocycles. The van der Waals surface area contributed by atoms with Gasteiger partial charge in [-0.25, -0.2) is 0 Å². The molecule has 0 bridgehead atoms. The first-order chi connectivity index (χ1) is 7.66. The van der Waals surface area contributed by atoms with Crippen molar-refractivity contribution in [1.82, 2.24) is 5.32 Å². The summed E-state index contributed by atoms with van der Waals surface area (Å²) >= 11 is 0. The topological polar surface area (TPSA) is 29.1 Å². The van der Waals surface area contributed by atoms with Crippen LogP contribution in [-0.4, -0.2) is 5.91 Å². The summed E-state index contributed by atoms with van der Waals surface area (Å²) < 4.78 is 0. The van der Waals surface area contributed by atoms with E-state index in [2.05, 4.69) is 23.5 Å². The van der Waals surface area contributed by atoms with Crippen molar-refractivity contribution >= 4 is 5.91 Å². The molecule has 1 aromatic rings. The molecular formula is C14H17NO. The lowest BCUT2D eigenvalue weighted by Gasteiger charge is -2.12. The summed E-state index contributed by atoms with van der Waals surface area (Å²) in [6.07, 6.45) is 3.73. The van der Waals surface area contributed by atoms with Crippen LogP contribution in [0, 0.1) is 0 Å². The number of aryl methyl sites for hydroxylation is 1. The first-order valence-electron chi connectivity index (χ1n) is 5.70. The summed E-state index contributed by atoms with van der Waals surface area (Å²) in [5, 5.41) is 3.05. The molecule has 1 unspecified atom stereocenters. The molecule has 1 N–H and O–H groups in total. The molecule has 0 aromatic heterocycles. The molecular weight excluding hydrogens is 198 g/mol. The van der Waals surface area contributed by atoms with Crippen molar-refractivity contribution < 1.29 is 4.79 Å². The number of hydrogen-bond donors (Lipinski definition) is 1. The van der Waals surface area contributed by atoms with Crippen molar-refractivity contribution in [2.24, 2.45) is 0 Å². The Morgan fingerprint density at radius 1 is 1.38 bits per heavy atom. The molecule has 0 fully saturated rings. The molecule has 2 rings (SSSR count). The molecule has 0 spiro atoms. The zero-order valence-corrected chi connectivity index (χ0v) is 9.79. The van der Waals surface area contributed by atoms with E-state index in [-0.39, 0.29) is 11.9 Å². The third-order valence-electron chi connectivity index (χ3n) is 2.87. The molecule has 1 aliphatic rings. The minimum absolute atomic E-state index is 0.0155. The molecule has 2 nitrogen and oxygen atoms in total. The fourth-order valence-corrected chi connectivity index (χ4v) is 2.18. The standard InChI is InChI=1S/C14H17NO/c1-10(2)9-14(16)15-13-8-7-11-5-3-4-6-12(11)13/h3-6,9,13H,7-8H2,1-2H3,(H,15,16). The van der Waals surface area contributed by atoms with Gasteiger partial charge in [-0.2, -0.15) is 0 Å². The molecule has 2 heteroatoms. The van der Waals surface area contributed by atoms with Crippen LogP contribution in [0.25, 0.3) is 0 Å². The number of nitrogens with one attached hydrogen (secondary N) is 1. The Hall–Kier alpha value is -1.57. The van der Waals surface area contributed by atoms with Crippen LogP contribution >= 0.6 is 0 Å². The highest BCUT2D eigenvalue weighted by Crippen LogP contribution is 2.30. The molecule has 1 amide bonds. The monoisotopic (exact) mass is 215 g/mol. The van der Waals surface area contributed by atoms with Gasteiger partial charge in [0, 0.05) is 6.08 Å². The van der Waals surface area contributed by atoms with Crippen LogP contribution in [0.15, 0.2) is 35.9 Å². The first kappa shape index (κ1) is 10.9. The third-order valence-corrected chi connectivity index (χ3v) is 2.87. The summed E-state index contributed by atoms with van der Waals surface area (Å²) in [7, 11) is 0. The predicted octanol–water partition coefficient (Wildman–Crippen LogP) is 2.76. The fourth-order valence-electron chi connectivity index (χ4n) is 2.18. The SMILES string of the molecule is CC(C)=CC(=O)NC1CCc2ccccc21. The fraction of sp³-hybridized carbons (Fsp3) is 0.357. The smallest absolute Gasteiger partial charge is 0.244 e. The van der Waals surface area contributed by atoms with Crippen LogP contribution in [0.5, 0.6) is 0 Å². The predicted molar refractivity (Wildman–Crippen MR) is 65.1 cm³/mol. The second-order valence-corrected chi connectivity index (χ2v) is 4.52. The Balaban J connectivity index is 2.09. The molecule has 84 valence electrons. The highest BCUT2D eigenvalue weighted by Gasteiger charge is 2.22. The maximum absolute atomic E-state index is 11.6. The van der Waals surface area contributed by atoms with Crippen molar-refractivity contribution in [2.45, 2.75) is 32.7 Å². The number of fused-ring (bicyclic) bond motifs is 1. The van der Waals surface area contributed by atoms with E-state index in [0.717, 1.165) is 18.4 Å². The van der Waals surface area contributed by atoms with E-state index in [9.17, 15) is 4.79 Å². The van der Waals surface area contributed by atoms with Gasteiger partial charge in [0.1, 0.15) is 0 Å². The maximum atomic E-state index is 11.6. The molecule has 0 heterocycles. The summed E-state index contributed by atoms with van der Waals surface area (Å²) in [6, 6.07) is 8.53. The van der Waals surface area contributed by atoms with Crippen molar-refractivity contribution in [3.63, 3.8) is 0 Å². The van der Waals surface area contributed by atoms with Gasteiger partial charge in [-0.15, -0.1) is 0 Å². The number of rotatable bonds is 2. The summed E-state index contributed by atoms with van der Waals surface area (Å²) in [4.78, 5) is 11.6. The lowest BCUT2D eigenvalue weighted by molar-refractivity contribution is -0.117. The minimum Gasteiger partial charge on any atom is -0.346 e. The van der Waals surface area contributed by atoms with E-state index in [1.807, 2.05) is 19.9 Å². The summed E-state index contributed by atoms with van der Waals surface area (Å²) in [6.45, 7) is 3.87. The molecule has 0 saturated heterocycles. The Labute approximate surface area is 96.4 Å². The number of carbonyl (C=O) groups excluding carboxylic acids is 1. The molecule has 0 saturated carbocycles. The van der Waals surface area contributed by atoms with Gasteiger partial charge in [-0.05, 0) is 37.8 Å². The van der Waals surface area contributed by atoms with Gasteiger partial charge in [0.2, 0.25) is 5.91 Å². The van der Waals surface area contributed by atoms with Crippen molar-refractivity contribution in [3.05, 3.63) is 47.0 Å². The normalized spacial score (nSPS) is 17.8. The van der Waals surface area contributed by atoms with Crippen molar-refractivity contribution in [3.8, 4) is 0 Å². The van der Waals surface area contributed by atoms with E-state index < -0.39 is 0 Å². The van der Waals surface area contributed by atoms with E-state index >= 15 is 0 Å². The van der Waals surface area contributed by atoms with Crippen LogP contribution in [-0.2, 0) is 11.2 Å². The second-order valence-electron chi connectivity index (χ2n) is 4.52. The number of carbonyl (C=O) groups is 1. The molecule has 0 radical (unpaired) electrons. The van der Waals surface area contributed by atoms with Crippen molar-refractivity contribution in [1.29, 1.82) is 0 Å². The summed E-state index contributed by atoms with van der Waals surface area (Å²) in [5.74, 6) is 0.0155. The average Bonchev–Trinajstić information content (AvgIpc) is 2.61. The Morgan fingerprint density at radius 2 is 2.12 bits per heavy atom. The van der Waals surface area contributed by atoms with Crippen LogP contribution in [0.4, 0.5) is 0 Å². The van der Waals surface area contributed by atoms with Crippen molar-refractivity contribution in [2.75, 3.05) is 0 Å². The quantitative estimate of drug-likeness (QED) is 0.755. The molecule has 1 aliphatic carbocycles. The van der Waals surface area contributed by atoms with Gasteiger partial charge < -0.3 is 5.32 Å². The van der Waals surface area contributed by atoms with E-state index in [1.165, 1.54) is 11.1 Å². The van der Waals surface area contributed by atoms with Gasteiger partial charge in [-0.3, -0.25) is 4.79 Å². The Bertz CT molecular complexity index is 430. The molecule has 16 heavy (non-hydrogen) atoms. The Kier molecular flexibility index (Phi) is 3.09. The minimum atomic E-state index is 0.0155. The number of amides is 1. The van der Waals surface area contributed by atoms with Crippen LogP contribution in [0.3, 0.4) is 0 Å². The molecule has 1 atom stereocenters. The Morgan fingerprint density at radius 3 is 2.88 bits per heavy atom.